The second-order valence-electron chi connectivity index (χ2n) is 5.17. The van der Waals surface area contributed by atoms with E-state index in [9.17, 15) is 15.2 Å². The molecule has 0 radical (unpaired) electrons. The first-order chi connectivity index (χ1) is 9.70. The number of nitro groups is 1. The highest BCUT2D eigenvalue weighted by molar-refractivity contribution is 5.60. The van der Waals surface area contributed by atoms with Crippen molar-refractivity contribution in [3.63, 3.8) is 0 Å². The van der Waals surface area contributed by atoms with Gasteiger partial charge in [-0.1, -0.05) is 24.3 Å². The second kappa shape index (κ2) is 7.17. The maximum Gasteiger partial charge on any atom is 0.276 e. The van der Waals surface area contributed by atoms with Gasteiger partial charge in [0.1, 0.15) is 0 Å². The van der Waals surface area contributed by atoms with Gasteiger partial charge in [-0.2, -0.15) is 0 Å². The number of likely N-dealkylation sites (tertiary alicyclic amines) is 1. The van der Waals surface area contributed by atoms with Crippen LogP contribution < -0.4 is 0 Å². The number of hydrogen-bond donors (Lipinski definition) is 1. The zero-order chi connectivity index (χ0) is 14.4. The number of hydrogen-bond acceptors (Lipinski definition) is 4. The van der Waals surface area contributed by atoms with Crippen molar-refractivity contribution in [2.24, 2.45) is 5.92 Å². The Bertz CT molecular complexity index is 488. The van der Waals surface area contributed by atoms with Crippen LogP contribution in [0, 0.1) is 16.0 Å². The summed E-state index contributed by atoms with van der Waals surface area (Å²) in [5.74, 6) is 0.364. The molecule has 1 heterocycles. The first kappa shape index (κ1) is 14.7. The van der Waals surface area contributed by atoms with E-state index in [-0.39, 0.29) is 17.2 Å². The molecule has 0 saturated carbocycles. The minimum atomic E-state index is -0.359. The van der Waals surface area contributed by atoms with Crippen LogP contribution in [0.5, 0.6) is 0 Å². The average Bonchev–Trinajstić information content (AvgIpc) is 2.48. The Hall–Kier alpha value is -1.72. The molecule has 1 unspecified atom stereocenters. The molecular weight excluding hydrogens is 256 g/mol. The summed E-state index contributed by atoms with van der Waals surface area (Å²) in [4.78, 5) is 12.8. The first-order valence-electron chi connectivity index (χ1n) is 6.94. The van der Waals surface area contributed by atoms with Crippen molar-refractivity contribution in [1.29, 1.82) is 0 Å². The molecule has 2 rings (SSSR count). The number of aliphatic hydroxyl groups excluding tert-OH is 1. The molecule has 20 heavy (non-hydrogen) atoms. The van der Waals surface area contributed by atoms with E-state index < -0.39 is 0 Å². The van der Waals surface area contributed by atoms with Crippen LogP contribution in [0.4, 0.5) is 5.69 Å². The minimum absolute atomic E-state index is 0.135. The molecule has 0 bridgehead atoms. The van der Waals surface area contributed by atoms with Gasteiger partial charge in [-0.25, -0.2) is 0 Å². The molecule has 5 heteroatoms. The average molecular weight is 276 g/mol. The molecule has 1 aliphatic rings. The lowest BCUT2D eigenvalue weighted by atomic mass is 9.99. The monoisotopic (exact) mass is 276 g/mol. The molecular formula is C15H20N2O3. The quantitative estimate of drug-likeness (QED) is 0.662. The lowest BCUT2D eigenvalue weighted by molar-refractivity contribution is -0.385. The van der Waals surface area contributed by atoms with Gasteiger partial charge in [-0.3, -0.25) is 15.0 Å². The highest BCUT2D eigenvalue weighted by Gasteiger charge is 2.18. The van der Waals surface area contributed by atoms with E-state index in [1.54, 1.807) is 24.3 Å². The Balaban J connectivity index is 1.95. The Kier molecular flexibility index (Phi) is 5.26. The van der Waals surface area contributed by atoms with Crippen molar-refractivity contribution in [3.05, 3.63) is 46.0 Å². The number of rotatable bonds is 5. The van der Waals surface area contributed by atoms with E-state index in [0.29, 0.717) is 11.5 Å². The lowest BCUT2D eigenvalue weighted by Crippen LogP contribution is -2.36. The first-order valence-corrected chi connectivity index (χ1v) is 6.94. The predicted molar refractivity (Wildman–Crippen MR) is 78.4 cm³/mol. The molecule has 0 aromatic heterocycles. The number of para-hydroxylation sites is 1. The largest absolute Gasteiger partial charge is 0.396 e. The standard InChI is InChI=1S/C15H20N2O3/c18-12-13-5-3-9-16(11-13)10-4-7-14-6-1-2-8-15(14)17(19)20/h1-2,4,6-8,13,18H,3,5,9-12H2. The maximum atomic E-state index is 10.9. The number of aliphatic hydroxyl groups is 1. The highest BCUT2D eigenvalue weighted by Crippen LogP contribution is 2.19. The third kappa shape index (κ3) is 3.88. The van der Waals surface area contributed by atoms with Crippen LogP contribution >= 0.6 is 0 Å². The summed E-state index contributed by atoms with van der Waals surface area (Å²) in [6, 6.07) is 6.74. The zero-order valence-corrected chi connectivity index (χ0v) is 11.4. The summed E-state index contributed by atoms with van der Waals surface area (Å²) in [6.45, 7) is 2.93. The number of nitro benzene ring substituents is 1. The Morgan fingerprint density at radius 1 is 1.45 bits per heavy atom. The number of piperidine rings is 1. The zero-order valence-electron chi connectivity index (χ0n) is 11.4. The Morgan fingerprint density at radius 2 is 2.25 bits per heavy atom. The van der Waals surface area contributed by atoms with Crippen molar-refractivity contribution in [3.8, 4) is 0 Å². The van der Waals surface area contributed by atoms with Gasteiger partial charge < -0.3 is 5.11 Å². The molecule has 1 aromatic carbocycles. The summed E-state index contributed by atoms with van der Waals surface area (Å²) in [5, 5.41) is 20.1. The van der Waals surface area contributed by atoms with Crippen molar-refractivity contribution in [2.75, 3.05) is 26.2 Å². The van der Waals surface area contributed by atoms with Crippen LogP contribution in [0.3, 0.4) is 0 Å². The van der Waals surface area contributed by atoms with Crippen molar-refractivity contribution in [1.82, 2.24) is 4.90 Å². The molecule has 1 saturated heterocycles. The number of benzene rings is 1. The van der Waals surface area contributed by atoms with Crippen LogP contribution in [-0.2, 0) is 0 Å². The van der Waals surface area contributed by atoms with Crippen molar-refractivity contribution < 1.29 is 10.0 Å². The highest BCUT2D eigenvalue weighted by atomic mass is 16.6. The van der Waals surface area contributed by atoms with Crippen LogP contribution in [-0.4, -0.2) is 41.2 Å². The van der Waals surface area contributed by atoms with E-state index >= 15 is 0 Å². The van der Waals surface area contributed by atoms with Crippen LogP contribution in [0.1, 0.15) is 18.4 Å². The van der Waals surface area contributed by atoms with Crippen LogP contribution in [0.2, 0.25) is 0 Å². The van der Waals surface area contributed by atoms with Gasteiger partial charge in [0.25, 0.3) is 5.69 Å². The third-order valence-corrected chi connectivity index (χ3v) is 3.66. The van der Waals surface area contributed by atoms with E-state index in [2.05, 4.69) is 4.90 Å². The maximum absolute atomic E-state index is 10.9. The summed E-state index contributed by atoms with van der Waals surface area (Å²) < 4.78 is 0. The fourth-order valence-electron chi connectivity index (χ4n) is 2.59. The van der Waals surface area contributed by atoms with E-state index in [1.807, 2.05) is 6.08 Å². The lowest BCUT2D eigenvalue weighted by Gasteiger charge is -2.30. The van der Waals surface area contributed by atoms with Gasteiger partial charge in [0.05, 0.1) is 10.5 Å². The fourth-order valence-corrected chi connectivity index (χ4v) is 2.59. The van der Waals surface area contributed by atoms with Gasteiger partial charge in [0.2, 0.25) is 0 Å². The molecule has 1 N–H and O–H groups in total. The summed E-state index contributed by atoms with van der Waals surface area (Å²) >= 11 is 0. The van der Waals surface area contributed by atoms with Gasteiger partial charge in [0, 0.05) is 25.8 Å². The molecule has 108 valence electrons. The van der Waals surface area contributed by atoms with Crippen LogP contribution in [0.15, 0.2) is 30.3 Å². The Labute approximate surface area is 118 Å². The van der Waals surface area contributed by atoms with Crippen LogP contribution in [0.25, 0.3) is 6.08 Å². The Morgan fingerprint density at radius 3 is 3.00 bits per heavy atom. The summed E-state index contributed by atoms with van der Waals surface area (Å²) in [7, 11) is 0. The topological polar surface area (TPSA) is 66.6 Å². The smallest absolute Gasteiger partial charge is 0.276 e. The van der Waals surface area contributed by atoms with Crippen molar-refractivity contribution >= 4 is 11.8 Å². The molecule has 1 aromatic rings. The summed E-state index contributed by atoms with van der Waals surface area (Å²) in [5.41, 5.74) is 0.767. The normalized spacial score (nSPS) is 20.4. The van der Waals surface area contributed by atoms with E-state index in [4.69, 9.17) is 0 Å². The van der Waals surface area contributed by atoms with E-state index in [1.165, 1.54) is 6.07 Å². The van der Waals surface area contributed by atoms with Gasteiger partial charge in [-0.05, 0) is 31.4 Å². The molecule has 0 spiro atoms. The van der Waals surface area contributed by atoms with Gasteiger partial charge in [0.15, 0.2) is 0 Å². The van der Waals surface area contributed by atoms with Gasteiger partial charge >= 0.3 is 0 Å². The third-order valence-electron chi connectivity index (χ3n) is 3.66. The van der Waals surface area contributed by atoms with Gasteiger partial charge in [-0.15, -0.1) is 0 Å². The SMILES string of the molecule is O=[N+]([O-])c1ccccc1C=CCN1CCCC(CO)C1. The fraction of sp³-hybridized carbons (Fsp3) is 0.467. The second-order valence-corrected chi connectivity index (χ2v) is 5.17. The molecule has 1 fully saturated rings. The number of nitrogens with zero attached hydrogens (tertiary/aromatic N) is 2. The molecule has 1 aliphatic heterocycles. The molecule has 0 aliphatic carbocycles. The van der Waals surface area contributed by atoms with Crippen molar-refractivity contribution in [2.45, 2.75) is 12.8 Å². The molecule has 0 amide bonds. The molecule has 5 nitrogen and oxygen atoms in total. The molecule has 1 atom stereocenters. The minimum Gasteiger partial charge on any atom is -0.396 e. The summed E-state index contributed by atoms with van der Waals surface area (Å²) in [6.07, 6.45) is 5.95. The predicted octanol–water partition coefficient (Wildman–Crippen LogP) is 2.31. The van der Waals surface area contributed by atoms with E-state index in [0.717, 1.165) is 32.5 Å².